The van der Waals surface area contributed by atoms with Crippen LogP contribution >= 0.6 is 0 Å². The van der Waals surface area contributed by atoms with Crippen molar-refractivity contribution in [2.45, 2.75) is 71.6 Å². The Hall–Kier alpha value is -2.16. The smallest absolute Gasteiger partial charge is 0.414 e. The topological polar surface area (TPSA) is 132 Å². The molecule has 0 aromatic heterocycles. The number of nitrogens with one attached hydrogen (secondary N) is 2. The van der Waals surface area contributed by atoms with Gasteiger partial charge in [0.2, 0.25) is 5.96 Å². The molecule has 0 aliphatic heterocycles. The monoisotopic (exact) mass is 358 g/mol. The zero-order chi connectivity index (χ0) is 19.7. The summed E-state index contributed by atoms with van der Waals surface area (Å²) in [6.45, 7) is 10.5. The first-order valence-corrected chi connectivity index (χ1v) is 8.08. The predicted octanol–water partition coefficient (Wildman–Crippen LogP) is 1.70. The summed E-state index contributed by atoms with van der Waals surface area (Å²) in [6.07, 6.45) is 0.0932. The minimum absolute atomic E-state index is 0.0943. The summed E-state index contributed by atoms with van der Waals surface area (Å²) in [6, 6.07) is -0.559. The maximum absolute atomic E-state index is 11.9. The zero-order valence-corrected chi connectivity index (χ0v) is 15.8. The van der Waals surface area contributed by atoms with E-state index >= 15 is 0 Å². The quantitative estimate of drug-likeness (QED) is 0.296. The second-order valence-electron chi connectivity index (χ2n) is 7.43. The summed E-state index contributed by atoms with van der Waals surface area (Å²) in [5.41, 5.74) is 4.10. The van der Waals surface area contributed by atoms with Crippen molar-refractivity contribution in [1.82, 2.24) is 10.6 Å². The van der Waals surface area contributed by atoms with Crippen LogP contribution in [-0.4, -0.2) is 48.2 Å². The largest absolute Gasteiger partial charge is 0.444 e. The van der Waals surface area contributed by atoms with Gasteiger partial charge in [0.15, 0.2) is 0 Å². The number of carbonyl (C=O) groups is 3. The van der Waals surface area contributed by atoms with Crippen LogP contribution in [-0.2, 0) is 14.3 Å². The third kappa shape index (κ3) is 13.9. The van der Waals surface area contributed by atoms with E-state index in [1.165, 1.54) is 0 Å². The highest BCUT2D eigenvalue weighted by Crippen LogP contribution is 2.07. The van der Waals surface area contributed by atoms with E-state index in [9.17, 15) is 14.4 Å². The van der Waals surface area contributed by atoms with Crippen molar-refractivity contribution < 1.29 is 23.9 Å². The normalized spacial score (nSPS) is 12.6. The Labute approximate surface area is 148 Å². The SMILES string of the molecule is CC(C)(C)OC(=O)NC(=NCCC[C@H](N)C=O)NC(=O)OC(C)(C)C. The number of guanidine groups is 1. The van der Waals surface area contributed by atoms with Crippen LogP contribution in [0.4, 0.5) is 9.59 Å². The van der Waals surface area contributed by atoms with Crippen LogP contribution in [0.1, 0.15) is 54.4 Å². The molecule has 0 rings (SSSR count). The van der Waals surface area contributed by atoms with Gasteiger partial charge in [0.1, 0.15) is 17.5 Å². The van der Waals surface area contributed by atoms with E-state index in [0.29, 0.717) is 19.1 Å². The van der Waals surface area contributed by atoms with Crippen LogP contribution in [0.5, 0.6) is 0 Å². The number of alkyl carbamates (subject to hydrolysis) is 2. The number of hydrogen-bond donors (Lipinski definition) is 3. The Balaban J connectivity index is 4.82. The van der Waals surface area contributed by atoms with Crippen molar-refractivity contribution in [3.63, 3.8) is 0 Å². The molecule has 144 valence electrons. The standard InChI is InChI=1S/C16H30N4O5/c1-15(2,3)24-13(22)19-12(18-9-7-8-11(17)10-21)20-14(23)25-16(4,5)6/h10-11H,7-9,17H2,1-6H3,(H2,18,19,20,22,23)/t11-/m0/s1. The molecule has 9 heteroatoms. The second kappa shape index (κ2) is 9.97. The number of ether oxygens (including phenoxy) is 2. The van der Waals surface area contributed by atoms with E-state index in [2.05, 4.69) is 15.6 Å². The van der Waals surface area contributed by atoms with Gasteiger partial charge in [-0.1, -0.05) is 0 Å². The average Bonchev–Trinajstić information content (AvgIpc) is 2.38. The third-order valence-electron chi connectivity index (χ3n) is 2.38. The summed E-state index contributed by atoms with van der Waals surface area (Å²) in [4.78, 5) is 38.3. The maximum atomic E-state index is 11.9. The van der Waals surface area contributed by atoms with Crippen LogP contribution < -0.4 is 16.4 Å². The highest BCUT2D eigenvalue weighted by molar-refractivity contribution is 6.01. The molecule has 1 atom stereocenters. The number of hydrogen-bond acceptors (Lipinski definition) is 7. The van der Waals surface area contributed by atoms with Gasteiger partial charge in [-0.3, -0.25) is 15.6 Å². The Bertz CT molecular complexity index is 460. The van der Waals surface area contributed by atoms with Crippen LogP contribution in [0.2, 0.25) is 0 Å². The van der Waals surface area contributed by atoms with Crippen LogP contribution in [0.25, 0.3) is 0 Å². The van der Waals surface area contributed by atoms with Gasteiger partial charge in [-0.15, -0.1) is 0 Å². The van der Waals surface area contributed by atoms with Gasteiger partial charge < -0.3 is 20.0 Å². The van der Waals surface area contributed by atoms with Gasteiger partial charge in [-0.25, -0.2) is 9.59 Å². The summed E-state index contributed by atoms with van der Waals surface area (Å²) in [7, 11) is 0. The Morgan fingerprint density at radius 3 is 1.84 bits per heavy atom. The highest BCUT2D eigenvalue weighted by Gasteiger charge is 2.21. The fourth-order valence-electron chi connectivity index (χ4n) is 1.50. The molecule has 0 bridgehead atoms. The number of nitrogens with two attached hydrogens (primary N) is 1. The van der Waals surface area contributed by atoms with Crippen LogP contribution in [0, 0.1) is 0 Å². The van der Waals surface area contributed by atoms with Crippen molar-refractivity contribution in [3.05, 3.63) is 0 Å². The molecule has 0 aliphatic rings. The lowest BCUT2D eigenvalue weighted by Gasteiger charge is -2.22. The molecule has 0 aliphatic carbocycles. The molecule has 0 saturated heterocycles. The fourth-order valence-corrected chi connectivity index (χ4v) is 1.50. The van der Waals surface area contributed by atoms with Gasteiger partial charge in [0.25, 0.3) is 0 Å². The van der Waals surface area contributed by atoms with Gasteiger partial charge in [0, 0.05) is 6.54 Å². The summed E-state index contributed by atoms with van der Waals surface area (Å²) in [5, 5.41) is 4.74. The minimum atomic E-state index is -0.757. The maximum Gasteiger partial charge on any atom is 0.414 e. The lowest BCUT2D eigenvalue weighted by Crippen LogP contribution is -2.47. The van der Waals surface area contributed by atoms with E-state index < -0.39 is 29.4 Å². The van der Waals surface area contributed by atoms with Crippen molar-refractivity contribution in [3.8, 4) is 0 Å². The minimum Gasteiger partial charge on any atom is -0.444 e. The third-order valence-corrected chi connectivity index (χ3v) is 2.38. The molecule has 0 aromatic rings. The van der Waals surface area contributed by atoms with E-state index in [0.717, 1.165) is 0 Å². The first-order chi connectivity index (χ1) is 11.3. The Morgan fingerprint density at radius 1 is 1.04 bits per heavy atom. The van der Waals surface area contributed by atoms with Crippen LogP contribution in [0.15, 0.2) is 4.99 Å². The number of nitrogens with zero attached hydrogens (tertiary/aromatic N) is 1. The van der Waals surface area contributed by atoms with Crippen molar-refractivity contribution in [1.29, 1.82) is 0 Å². The number of amides is 2. The molecule has 0 radical (unpaired) electrons. The zero-order valence-electron chi connectivity index (χ0n) is 15.8. The van der Waals surface area contributed by atoms with E-state index in [-0.39, 0.29) is 12.5 Å². The number of aldehydes is 1. The molecular weight excluding hydrogens is 328 g/mol. The molecule has 4 N–H and O–H groups in total. The molecule has 0 unspecified atom stereocenters. The fraction of sp³-hybridized carbons (Fsp3) is 0.750. The van der Waals surface area contributed by atoms with E-state index in [4.69, 9.17) is 15.2 Å². The first-order valence-electron chi connectivity index (χ1n) is 8.08. The first kappa shape index (κ1) is 22.8. The number of aliphatic imine (C=N–C) groups is 1. The lowest BCUT2D eigenvalue weighted by molar-refractivity contribution is -0.109. The van der Waals surface area contributed by atoms with Crippen molar-refractivity contribution in [2.24, 2.45) is 10.7 Å². The van der Waals surface area contributed by atoms with Crippen LogP contribution in [0.3, 0.4) is 0 Å². The van der Waals surface area contributed by atoms with Crippen molar-refractivity contribution in [2.75, 3.05) is 6.54 Å². The molecule has 0 heterocycles. The highest BCUT2D eigenvalue weighted by atomic mass is 16.6. The number of carbonyl (C=O) groups excluding carboxylic acids is 3. The van der Waals surface area contributed by atoms with E-state index in [1.54, 1.807) is 41.5 Å². The van der Waals surface area contributed by atoms with E-state index in [1.807, 2.05) is 0 Å². The average molecular weight is 358 g/mol. The lowest BCUT2D eigenvalue weighted by atomic mass is 10.2. The van der Waals surface area contributed by atoms with Gasteiger partial charge >= 0.3 is 12.2 Å². The molecule has 0 saturated carbocycles. The van der Waals surface area contributed by atoms with Gasteiger partial charge in [-0.05, 0) is 54.4 Å². The van der Waals surface area contributed by atoms with Gasteiger partial charge in [0.05, 0.1) is 6.04 Å². The summed E-state index contributed by atoms with van der Waals surface area (Å²) < 4.78 is 10.2. The predicted molar refractivity (Wildman–Crippen MR) is 94.3 cm³/mol. The molecule has 0 aromatic carbocycles. The summed E-state index contributed by atoms with van der Waals surface area (Å²) in [5.74, 6) is -0.0943. The second-order valence-corrected chi connectivity index (χ2v) is 7.43. The molecule has 2 amide bonds. The summed E-state index contributed by atoms with van der Waals surface area (Å²) >= 11 is 0. The number of rotatable bonds is 5. The molecule has 9 nitrogen and oxygen atoms in total. The van der Waals surface area contributed by atoms with Crippen molar-refractivity contribution >= 4 is 24.4 Å². The molecule has 0 fully saturated rings. The Kier molecular flexibility index (Phi) is 9.11. The molecule has 0 spiro atoms. The molecule has 25 heavy (non-hydrogen) atoms. The van der Waals surface area contributed by atoms with Gasteiger partial charge in [-0.2, -0.15) is 0 Å². The Morgan fingerprint density at radius 2 is 1.48 bits per heavy atom. The molecular formula is C16H30N4O5.